The summed E-state index contributed by atoms with van der Waals surface area (Å²) in [7, 11) is -3.20. The van der Waals surface area contributed by atoms with Crippen molar-refractivity contribution >= 4 is 19.8 Å². The lowest BCUT2D eigenvalue weighted by Crippen LogP contribution is -2.29. The minimum Gasteiger partial charge on any atom is -0.462 e. The second-order valence-corrected chi connectivity index (χ2v) is 16.0. The Morgan fingerprint density at radius 1 is 0.538 bits per heavy atom. The average Bonchev–Trinajstić information content (AvgIpc) is 3.13. The molecular weight excluding hydrogens is 675 g/mol. The van der Waals surface area contributed by atoms with Crippen LogP contribution in [-0.4, -0.2) is 43.3 Å². The molecule has 306 valence electrons. The number of phosphoric acid groups is 1. The first-order valence-electron chi connectivity index (χ1n) is 21.5. The Kier molecular flexibility index (Phi) is 38.1. The van der Waals surface area contributed by atoms with Crippen LogP contribution in [0.2, 0.25) is 0 Å². The summed E-state index contributed by atoms with van der Waals surface area (Å²) in [6.07, 6.45) is 43.7. The molecule has 1 N–H and O–H groups in total. The van der Waals surface area contributed by atoms with Crippen molar-refractivity contribution in [3.05, 3.63) is 24.3 Å². The molecule has 0 amide bonds. The molecule has 0 spiro atoms. The summed E-state index contributed by atoms with van der Waals surface area (Å²) in [6, 6.07) is 0. The summed E-state index contributed by atoms with van der Waals surface area (Å²) in [5.74, 6) is -0.811. The number of carbonyl (C=O) groups excluding carboxylic acids is 2. The summed E-state index contributed by atoms with van der Waals surface area (Å²) < 4.78 is 32.0. The van der Waals surface area contributed by atoms with E-state index in [1.165, 1.54) is 122 Å². The molecule has 9 heteroatoms. The molecule has 0 aliphatic rings. The van der Waals surface area contributed by atoms with Crippen molar-refractivity contribution < 1.29 is 37.6 Å². The third kappa shape index (κ3) is 38.3. The zero-order valence-electron chi connectivity index (χ0n) is 34.0. The van der Waals surface area contributed by atoms with Crippen LogP contribution in [0, 0.1) is 0 Å². The molecule has 0 saturated carbocycles. The molecule has 0 fully saturated rings. The van der Waals surface area contributed by atoms with Gasteiger partial charge in [-0.15, -0.1) is 0 Å². The van der Waals surface area contributed by atoms with Gasteiger partial charge >= 0.3 is 19.8 Å². The maximum Gasteiger partial charge on any atom is 0.472 e. The Labute approximate surface area is 320 Å². The minimum absolute atomic E-state index is 0.227. The highest BCUT2D eigenvalue weighted by Crippen LogP contribution is 2.42. The zero-order chi connectivity index (χ0) is 38.2. The number of phosphoric ester groups is 1. The summed E-state index contributed by atoms with van der Waals surface area (Å²) >= 11 is 0. The second-order valence-electron chi connectivity index (χ2n) is 14.5. The van der Waals surface area contributed by atoms with Gasteiger partial charge in [0.2, 0.25) is 0 Å². The van der Waals surface area contributed by atoms with Crippen molar-refractivity contribution in [3.63, 3.8) is 0 Å². The number of allylic oxidation sites excluding steroid dienone is 4. The Morgan fingerprint density at radius 2 is 0.923 bits per heavy atom. The van der Waals surface area contributed by atoms with Gasteiger partial charge in [0, 0.05) is 20.0 Å². The van der Waals surface area contributed by atoms with E-state index in [0.29, 0.717) is 12.8 Å². The molecule has 0 aliphatic heterocycles. The SMILES string of the molecule is CCCCC/C=C\C/C=C\CCCCCCCC(=O)OC(COC(=O)CCCCCCCCCCCCCCCCCCCC)COP(=O)(O)OC. The van der Waals surface area contributed by atoms with Crippen LogP contribution in [0.3, 0.4) is 0 Å². The minimum atomic E-state index is -4.26. The predicted molar refractivity (Wildman–Crippen MR) is 216 cm³/mol. The van der Waals surface area contributed by atoms with Gasteiger partial charge < -0.3 is 14.4 Å². The smallest absolute Gasteiger partial charge is 0.462 e. The van der Waals surface area contributed by atoms with Crippen LogP contribution in [-0.2, 0) is 32.7 Å². The fraction of sp³-hybridized carbons (Fsp3) is 0.860. The lowest BCUT2D eigenvalue weighted by Gasteiger charge is -2.19. The molecule has 0 heterocycles. The first-order valence-corrected chi connectivity index (χ1v) is 23.0. The maximum absolute atomic E-state index is 12.5. The topological polar surface area (TPSA) is 108 Å². The van der Waals surface area contributed by atoms with Crippen molar-refractivity contribution in [1.82, 2.24) is 0 Å². The second kappa shape index (κ2) is 39.2. The average molecular weight is 757 g/mol. The Bertz CT molecular complexity index is 906. The standard InChI is InChI=1S/C43H81O8P/c1-4-6-8-10-12-14-16-18-20-21-22-24-25-27-29-31-33-35-37-42(44)49-39-41(40-50-52(46,47)48-3)51-43(45)38-36-34-32-30-28-26-23-19-17-15-13-11-9-7-5-2/h13,15,19,23,41H,4-12,14,16-18,20-22,24-40H2,1-3H3,(H,46,47)/b15-13-,23-19-. The highest BCUT2D eigenvalue weighted by molar-refractivity contribution is 7.47. The van der Waals surface area contributed by atoms with E-state index in [1.807, 2.05) is 0 Å². The molecule has 0 aromatic carbocycles. The van der Waals surface area contributed by atoms with Crippen LogP contribution in [0.15, 0.2) is 24.3 Å². The summed E-state index contributed by atoms with van der Waals surface area (Å²) in [6.45, 7) is 3.87. The van der Waals surface area contributed by atoms with E-state index in [0.717, 1.165) is 64.9 Å². The van der Waals surface area contributed by atoms with Crippen molar-refractivity contribution in [2.24, 2.45) is 0 Å². The molecule has 0 aromatic rings. The Balaban J connectivity index is 3.98. The zero-order valence-corrected chi connectivity index (χ0v) is 34.9. The quantitative estimate of drug-likeness (QED) is 0.0285. The fourth-order valence-corrected chi connectivity index (χ4v) is 6.56. The van der Waals surface area contributed by atoms with Gasteiger partial charge in [-0.3, -0.25) is 18.6 Å². The predicted octanol–water partition coefficient (Wildman–Crippen LogP) is 13.5. The van der Waals surface area contributed by atoms with Crippen LogP contribution in [0.5, 0.6) is 0 Å². The third-order valence-electron chi connectivity index (χ3n) is 9.45. The van der Waals surface area contributed by atoms with Crippen LogP contribution >= 0.6 is 7.82 Å². The van der Waals surface area contributed by atoms with Crippen LogP contribution in [0.1, 0.15) is 213 Å². The first kappa shape index (κ1) is 50.5. The van der Waals surface area contributed by atoms with E-state index in [1.54, 1.807) is 0 Å². The monoisotopic (exact) mass is 757 g/mol. The van der Waals surface area contributed by atoms with Gasteiger partial charge in [0.15, 0.2) is 6.10 Å². The molecule has 0 bridgehead atoms. The fourth-order valence-electron chi connectivity index (χ4n) is 6.10. The highest BCUT2D eigenvalue weighted by atomic mass is 31.2. The van der Waals surface area contributed by atoms with Gasteiger partial charge in [-0.2, -0.15) is 0 Å². The third-order valence-corrected chi connectivity index (χ3v) is 10.4. The molecule has 0 saturated heterocycles. The van der Waals surface area contributed by atoms with E-state index in [4.69, 9.17) is 14.0 Å². The number of ether oxygens (including phenoxy) is 2. The van der Waals surface area contributed by atoms with Crippen molar-refractivity contribution in [2.45, 2.75) is 219 Å². The number of hydrogen-bond acceptors (Lipinski definition) is 7. The molecule has 0 aliphatic carbocycles. The van der Waals surface area contributed by atoms with Gasteiger partial charge in [-0.25, -0.2) is 4.57 Å². The summed E-state index contributed by atoms with van der Waals surface area (Å²) in [4.78, 5) is 34.4. The molecule has 2 unspecified atom stereocenters. The van der Waals surface area contributed by atoms with Gasteiger partial charge in [0.1, 0.15) is 6.61 Å². The lowest BCUT2D eigenvalue weighted by molar-refractivity contribution is -0.161. The highest BCUT2D eigenvalue weighted by Gasteiger charge is 2.24. The largest absolute Gasteiger partial charge is 0.472 e. The Hall–Kier alpha value is -1.47. The molecule has 8 nitrogen and oxygen atoms in total. The molecule has 0 aromatic heterocycles. The number of rotatable bonds is 40. The summed E-state index contributed by atoms with van der Waals surface area (Å²) in [5, 5.41) is 0. The van der Waals surface area contributed by atoms with Crippen LogP contribution in [0.4, 0.5) is 0 Å². The normalized spacial score (nSPS) is 13.5. The molecule has 52 heavy (non-hydrogen) atoms. The van der Waals surface area contributed by atoms with E-state index < -0.39 is 26.5 Å². The summed E-state index contributed by atoms with van der Waals surface area (Å²) in [5.41, 5.74) is 0. The molecule has 0 rings (SSSR count). The van der Waals surface area contributed by atoms with E-state index in [-0.39, 0.29) is 19.0 Å². The van der Waals surface area contributed by atoms with E-state index in [9.17, 15) is 19.0 Å². The van der Waals surface area contributed by atoms with Gasteiger partial charge in [-0.05, 0) is 44.9 Å². The number of carbonyl (C=O) groups is 2. The molecule has 2 atom stereocenters. The molecular formula is C43H81O8P. The van der Waals surface area contributed by atoms with Crippen LogP contribution in [0.25, 0.3) is 0 Å². The van der Waals surface area contributed by atoms with E-state index >= 15 is 0 Å². The maximum atomic E-state index is 12.5. The number of hydrogen-bond donors (Lipinski definition) is 1. The van der Waals surface area contributed by atoms with Crippen LogP contribution < -0.4 is 0 Å². The van der Waals surface area contributed by atoms with Crippen molar-refractivity contribution in [1.29, 1.82) is 0 Å². The lowest BCUT2D eigenvalue weighted by atomic mass is 10.0. The van der Waals surface area contributed by atoms with Crippen molar-refractivity contribution in [2.75, 3.05) is 20.3 Å². The van der Waals surface area contributed by atoms with Gasteiger partial charge in [0.05, 0.1) is 6.61 Å². The molecule has 0 radical (unpaired) electrons. The number of esters is 2. The number of unbranched alkanes of at least 4 members (excludes halogenated alkanes) is 25. The first-order chi connectivity index (χ1) is 25.3. The Morgan fingerprint density at radius 3 is 1.38 bits per heavy atom. The van der Waals surface area contributed by atoms with Gasteiger partial charge in [0.25, 0.3) is 0 Å². The van der Waals surface area contributed by atoms with E-state index in [2.05, 4.69) is 42.7 Å². The van der Waals surface area contributed by atoms with Gasteiger partial charge in [-0.1, -0.05) is 179 Å². The van der Waals surface area contributed by atoms with Crippen molar-refractivity contribution in [3.8, 4) is 0 Å².